The van der Waals surface area contributed by atoms with Gasteiger partial charge in [-0.3, -0.25) is 0 Å². The summed E-state index contributed by atoms with van der Waals surface area (Å²) in [6, 6.07) is 0. The highest BCUT2D eigenvalue weighted by Gasteiger charge is 2.28. The highest BCUT2D eigenvalue weighted by atomic mass is 15.3. The summed E-state index contributed by atoms with van der Waals surface area (Å²) in [5, 5.41) is 0. The highest BCUT2D eigenvalue weighted by Crippen LogP contribution is 2.35. The van der Waals surface area contributed by atoms with E-state index < -0.39 is 0 Å². The normalized spacial score (nSPS) is 18.7. The van der Waals surface area contributed by atoms with E-state index in [2.05, 4.69) is 48.0 Å². The second-order valence-corrected chi connectivity index (χ2v) is 6.41. The molecular weight excluding hydrogens is 238 g/mol. The minimum Gasteiger partial charge on any atom is -0.356 e. The van der Waals surface area contributed by atoms with E-state index in [1.165, 1.54) is 12.8 Å². The first-order valence-corrected chi connectivity index (χ1v) is 7.01. The highest BCUT2D eigenvalue weighted by molar-refractivity contribution is 5.60. The first kappa shape index (κ1) is 14.1. The second kappa shape index (κ2) is 5.33. The molecule has 3 N–H and O–H groups in total. The molecule has 1 aliphatic rings. The van der Waals surface area contributed by atoms with E-state index in [1.54, 1.807) is 6.33 Å². The monoisotopic (exact) mass is 263 g/mol. The fraction of sp³-hybridized carbons (Fsp3) is 0.714. The molecule has 2 heterocycles. The van der Waals surface area contributed by atoms with Gasteiger partial charge in [-0.1, -0.05) is 27.7 Å². The Bertz CT molecular complexity index is 431. The SMILES string of the molecule is CC(C)c1c(NN)ncnc1N1CCC(C)(C)CC1. The van der Waals surface area contributed by atoms with Crippen LogP contribution >= 0.6 is 0 Å². The maximum absolute atomic E-state index is 5.57. The number of hydrogen-bond donors (Lipinski definition) is 2. The van der Waals surface area contributed by atoms with Crippen molar-refractivity contribution in [1.29, 1.82) is 0 Å². The van der Waals surface area contributed by atoms with Gasteiger partial charge in [0.2, 0.25) is 0 Å². The average molecular weight is 263 g/mol. The Labute approximate surface area is 115 Å². The average Bonchev–Trinajstić information content (AvgIpc) is 2.37. The van der Waals surface area contributed by atoms with Crippen LogP contribution in [0.15, 0.2) is 6.33 Å². The lowest BCUT2D eigenvalue weighted by molar-refractivity contribution is 0.279. The minimum absolute atomic E-state index is 0.345. The van der Waals surface area contributed by atoms with E-state index >= 15 is 0 Å². The number of nitrogens with two attached hydrogens (primary N) is 1. The third-order valence-corrected chi connectivity index (χ3v) is 3.99. The van der Waals surface area contributed by atoms with Crippen LogP contribution in [0, 0.1) is 5.41 Å². The molecule has 5 heteroatoms. The summed E-state index contributed by atoms with van der Waals surface area (Å²) in [7, 11) is 0. The number of nitrogen functional groups attached to an aromatic ring is 1. The van der Waals surface area contributed by atoms with Crippen molar-refractivity contribution in [2.45, 2.75) is 46.5 Å². The molecule has 1 fully saturated rings. The quantitative estimate of drug-likeness (QED) is 0.648. The molecule has 106 valence electrons. The molecule has 0 amide bonds. The summed E-state index contributed by atoms with van der Waals surface area (Å²) in [6.45, 7) is 11.1. The molecule has 0 spiro atoms. The van der Waals surface area contributed by atoms with E-state index in [4.69, 9.17) is 5.84 Å². The molecule has 1 aromatic heterocycles. The number of aromatic nitrogens is 2. The van der Waals surface area contributed by atoms with E-state index in [1.807, 2.05) is 0 Å². The smallest absolute Gasteiger partial charge is 0.148 e. The van der Waals surface area contributed by atoms with Crippen LogP contribution in [0.1, 0.15) is 52.0 Å². The van der Waals surface area contributed by atoms with Crippen LogP contribution in [-0.4, -0.2) is 23.1 Å². The maximum Gasteiger partial charge on any atom is 0.148 e. The molecule has 1 aliphatic heterocycles. The molecule has 0 unspecified atom stereocenters. The molecule has 1 saturated heterocycles. The zero-order valence-corrected chi connectivity index (χ0v) is 12.4. The number of hydrogen-bond acceptors (Lipinski definition) is 5. The Morgan fingerprint density at radius 1 is 1.26 bits per heavy atom. The molecule has 1 aromatic rings. The van der Waals surface area contributed by atoms with Gasteiger partial charge in [-0.2, -0.15) is 0 Å². The van der Waals surface area contributed by atoms with E-state index in [-0.39, 0.29) is 0 Å². The molecule has 5 nitrogen and oxygen atoms in total. The predicted molar refractivity (Wildman–Crippen MR) is 79.2 cm³/mol. The molecule has 19 heavy (non-hydrogen) atoms. The van der Waals surface area contributed by atoms with E-state index in [0.717, 1.165) is 30.3 Å². The molecule has 0 atom stereocenters. The Kier molecular flexibility index (Phi) is 3.94. The summed E-state index contributed by atoms with van der Waals surface area (Å²) in [4.78, 5) is 11.1. The van der Waals surface area contributed by atoms with Gasteiger partial charge < -0.3 is 10.3 Å². The second-order valence-electron chi connectivity index (χ2n) is 6.41. The van der Waals surface area contributed by atoms with Crippen molar-refractivity contribution >= 4 is 11.6 Å². The number of nitrogens with one attached hydrogen (secondary N) is 1. The zero-order valence-electron chi connectivity index (χ0n) is 12.4. The fourth-order valence-corrected chi connectivity index (χ4v) is 2.61. The molecule has 0 aromatic carbocycles. The summed E-state index contributed by atoms with van der Waals surface area (Å²) >= 11 is 0. The van der Waals surface area contributed by atoms with Gasteiger partial charge in [-0.05, 0) is 24.2 Å². The van der Waals surface area contributed by atoms with Crippen LogP contribution in [0.25, 0.3) is 0 Å². The lowest BCUT2D eigenvalue weighted by atomic mass is 9.82. The summed E-state index contributed by atoms with van der Waals surface area (Å²) in [6.07, 6.45) is 3.98. The maximum atomic E-state index is 5.57. The molecule has 0 saturated carbocycles. The number of rotatable bonds is 3. The molecule has 0 aliphatic carbocycles. The van der Waals surface area contributed by atoms with Crippen molar-refractivity contribution in [2.75, 3.05) is 23.4 Å². The van der Waals surface area contributed by atoms with Crippen molar-refractivity contribution in [2.24, 2.45) is 11.3 Å². The third kappa shape index (κ3) is 2.97. The van der Waals surface area contributed by atoms with Gasteiger partial charge in [0.05, 0.1) is 0 Å². The standard InChI is InChI=1S/C14H25N5/c1-10(2)11-12(18-15)16-9-17-13(11)19-7-5-14(3,4)6-8-19/h9-10H,5-8,15H2,1-4H3,(H,16,17,18). The molecular formula is C14H25N5. The van der Waals surface area contributed by atoms with Crippen LogP contribution < -0.4 is 16.2 Å². The summed E-state index contributed by atoms with van der Waals surface area (Å²) in [5.41, 5.74) is 4.25. The first-order chi connectivity index (χ1) is 8.94. The van der Waals surface area contributed by atoms with Crippen LogP contribution in [0.2, 0.25) is 0 Å². The van der Waals surface area contributed by atoms with Crippen molar-refractivity contribution in [3.63, 3.8) is 0 Å². The molecule has 0 radical (unpaired) electrons. The Balaban J connectivity index is 2.30. The lowest BCUT2D eigenvalue weighted by Gasteiger charge is -2.38. The number of hydrazine groups is 1. The number of piperidine rings is 1. The predicted octanol–water partition coefficient (Wildman–Crippen LogP) is 2.51. The summed E-state index contributed by atoms with van der Waals surface area (Å²) in [5.74, 6) is 7.69. The fourth-order valence-electron chi connectivity index (χ4n) is 2.61. The van der Waals surface area contributed by atoms with Crippen LogP contribution in [0.5, 0.6) is 0 Å². The van der Waals surface area contributed by atoms with Crippen molar-refractivity contribution in [1.82, 2.24) is 9.97 Å². The topological polar surface area (TPSA) is 67.1 Å². The van der Waals surface area contributed by atoms with Gasteiger partial charge in [-0.25, -0.2) is 15.8 Å². The van der Waals surface area contributed by atoms with Crippen LogP contribution in [0.4, 0.5) is 11.6 Å². The Hall–Kier alpha value is -1.36. The van der Waals surface area contributed by atoms with Crippen molar-refractivity contribution in [3.8, 4) is 0 Å². The van der Waals surface area contributed by atoms with Gasteiger partial charge in [0.1, 0.15) is 18.0 Å². The Morgan fingerprint density at radius 2 is 1.89 bits per heavy atom. The molecule has 2 rings (SSSR count). The first-order valence-electron chi connectivity index (χ1n) is 7.01. The number of anilines is 2. The molecule has 0 bridgehead atoms. The Morgan fingerprint density at radius 3 is 2.42 bits per heavy atom. The number of nitrogens with zero attached hydrogens (tertiary/aromatic N) is 3. The van der Waals surface area contributed by atoms with Crippen LogP contribution in [-0.2, 0) is 0 Å². The third-order valence-electron chi connectivity index (χ3n) is 3.99. The largest absolute Gasteiger partial charge is 0.356 e. The van der Waals surface area contributed by atoms with Gasteiger partial charge >= 0.3 is 0 Å². The van der Waals surface area contributed by atoms with Gasteiger partial charge in [-0.15, -0.1) is 0 Å². The lowest BCUT2D eigenvalue weighted by Crippen LogP contribution is -2.38. The van der Waals surface area contributed by atoms with E-state index in [9.17, 15) is 0 Å². The van der Waals surface area contributed by atoms with Gasteiger partial charge in [0.25, 0.3) is 0 Å². The van der Waals surface area contributed by atoms with Crippen LogP contribution in [0.3, 0.4) is 0 Å². The summed E-state index contributed by atoms with van der Waals surface area (Å²) < 4.78 is 0. The minimum atomic E-state index is 0.345. The van der Waals surface area contributed by atoms with Crippen molar-refractivity contribution < 1.29 is 0 Å². The van der Waals surface area contributed by atoms with Crippen molar-refractivity contribution in [3.05, 3.63) is 11.9 Å². The van der Waals surface area contributed by atoms with Gasteiger partial charge in [0.15, 0.2) is 0 Å². The van der Waals surface area contributed by atoms with E-state index in [0.29, 0.717) is 11.3 Å². The zero-order chi connectivity index (χ0) is 14.0. The van der Waals surface area contributed by atoms with Gasteiger partial charge in [0, 0.05) is 18.7 Å².